The maximum atomic E-state index is 10.4. The molecule has 1 aromatic carbocycles. The van der Waals surface area contributed by atoms with Crippen LogP contribution < -0.4 is 10.5 Å². The van der Waals surface area contributed by atoms with E-state index >= 15 is 0 Å². The van der Waals surface area contributed by atoms with Gasteiger partial charge in [-0.1, -0.05) is 22.0 Å². The zero-order valence-corrected chi connectivity index (χ0v) is 8.74. The monoisotopic (exact) mass is 243 g/mol. The molecule has 4 heteroatoms. The number of carbonyl (C=O) groups excluding carboxylic acids is 1. The van der Waals surface area contributed by atoms with Crippen molar-refractivity contribution in [2.24, 2.45) is 5.73 Å². The van der Waals surface area contributed by atoms with Gasteiger partial charge >= 0.3 is 0 Å². The second kappa shape index (κ2) is 4.39. The van der Waals surface area contributed by atoms with Gasteiger partial charge in [0.15, 0.2) is 0 Å². The molecule has 3 nitrogen and oxygen atoms in total. The fraction of sp³-hybridized carbons (Fsp3) is 0.222. The summed E-state index contributed by atoms with van der Waals surface area (Å²) in [4.78, 5) is 10.4. The summed E-state index contributed by atoms with van der Waals surface area (Å²) in [6.07, 6.45) is 0.701. The highest BCUT2D eigenvalue weighted by Gasteiger charge is 2.08. The van der Waals surface area contributed by atoms with E-state index in [0.29, 0.717) is 6.29 Å². The first-order valence-corrected chi connectivity index (χ1v) is 4.52. The molecular weight excluding hydrogens is 234 g/mol. The lowest BCUT2D eigenvalue weighted by atomic mass is 10.1. The van der Waals surface area contributed by atoms with Crippen molar-refractivity contribution < 1.29 is 9.53 Å². The molecule has 70 valence electrons. The molecule has 1 atom stereocenters. The summed E-state index contributed by atoms with van der Waals surface area (Å²) in [5, 5.41) is 0. The number of halogens is 1. The lowest BCUT2D eigenvalue weighted by molar-refractivity contribution is -0.109. The number of ether oxygens (including phenoxy) is 1. The number of hydrogen-bond donors (Lipinski definition) is 1. The minimum absolute atomic E-state index is 0.583. The van der Waals surface area contributed by atoms with Gasteiger partial charge in [-0.15, -0.1) is 0 Å². The molecule has 0 aliphatic heterocycles. The average molecular weight is 244 g/mol. The van der Waals surface area contributed by atoms with Crippen LogP contribution in [0.2, 0.25) is 0 Å². The second-order valence-electron chi connectivity index (χ2n) is 2.55. The van der Waals surface area contributed by atoms with Gasteiger partial charge in [-0.2, -0.15) is 0 Å². The molecule has 0 saturated carbocycles. The van der Waals surface area contributed by atoms with E-state index in [4.69, 9.17) is 10.5 Å². The van der Waals surface area contributed by atoms with Gasteiger partial charge in [-0.25, -0.2) is 0 Å². The Morgan fingerprint density at radius 3 is 2.77 bits per heavy atom. The van der Waals surface area contributed by atoms with E-state index in [2.05, 4.69) is 15.9 Å². The third-order valence-electron chi connectivity index (χ3n) is 1.71. The van der Waals surface area contributed by atoms with Crippen LogP contribution in [0.1, 0.15) is 11.6 Å². The van der Waals surface area contributed by atoms with Crippen LogP contribution in [0.4, 0.5) is 0 Å². The standard InChI is InChI=1S/C9H10BrNO2/c1-13-6-2-3-7(8(10)4-6)9(11)5-12/h2-5,9H,11H2,1H3. The Morgan fingerprint density at radius 1 is 1.62 bits per heavy atom. The highest BCUT2D eigenvalue weighted by molar-refractivity contribution is 9.10. The van der Waals surface area contributed by atoms with Gasteiger partial charge in [-0.05, 0) is 17.7 Å². The largest absolute Gasteiger partial charge is 0.497 e. The number of aldehydes is 1. The summed E-state index contributed by atoms with van der Waals surface area (Å²) in [7, 11) is 1.58. The maximum Gasteiger partial charge on any atom is 0.141 e. The molecule has 0 aliphatic carbocycles. The van der Waals surface area contributed by atoms with Gasteiger partial charge in [0, 0.05) is 4.47 Å². The van der Waals surface area contributed by atoms with Crippen LogP contribution in [0.5, 0.6) is 5.75 Å². The van der Waals surface area contributed by atoms with Crippen molar-refractivity contribution in [1.82, 2.24) is 0 Å². The fourth-order valence-electron chi connectivity index (χ4n) is 0.978. The molecule has 1 unspecified atom stereocenters. The van der Waals surface area contributed by atoms with E-state index in [1.165, 1.54) is 0 Å². The average Bonchev–Trinajstić information content (AvgIpc) is 2.16. The van der Waals surface area contributed by atoms with Crippen LogP contribution in [0, 0.1) is 0 Å². The third kappa shape index (κ3) is 2.29. The molecule has 0 spiro atoms. The quantitative estimate of drug-likeness (QED) is 0.822. The maximum absolute atomic E-state index is 10.4. The molecule has 13 heavy (non-hydrogen) atoms. The van der Waals surface area contributed by atoms with Crippen molar-refractivity contribution in [2.75, 3.05) is 7.11 Å². The van der Waals surface area contributed by atoms with Crippen LogP contribution in [0.3, 0.4) is 0 Å². The summed E-state index contributed by atoms with van der Waals surface area (Å²) in [5.41, 5.74) is 6.31. The highest BCUT2D eigenvalue weighted by Crippen LogP contribution is 2.25. The number of benzene rings is 1. The van der Waals surface area contributed by atoms with Crippen molar-refractivity contribution in [3.63, 3.8) is 0 Å². The number of hydrogen-bond acceptors (Lipinski definition) is 3. The summed E-state index contributed by atoms with van der Waals surface area (Å²) in [6.45, 7) is 0. The van der Waals surface area contributed by atoms with Gasteiger partial charge in [-0.3, -0.25) is 0 Å². The molecule has 0 radical (unpaired) electrons. The van der Waals surface area contributed by atoms with E-state index in [1.807, 2.05) is 0 Å². The normalized spacial score (nSPS) is 12.2. The lowest BCUT2D eigenvalue weighted by Crippen LogP contribution is -2.11. The summed E-state index contributed by atoms with van der Waals surface area (Å²) in [6, 6.07) is 4.73. The summed E-state index contributed by atoms with van der Waals surface area (Å²) < 4.78 is 5.79. The van der Waals surface area contributed by atoms with Crippen molar-refractivity contribution in [2.45, 2.75) is 6.04 Å². The summed E-state index contributed by atoms with van der Waals surface area (Å²) >= 11 is 3.31. The molecule has 0 aliphatic rings. The molecule has 0 heterocycles. The minimum atomic E-state index is -0.583. The first-order chi connectivity index (χ1) is 6.19. The molecule has 0 aromatic heterocycles. The first kappa shape index (κ1) is 10.2. The third-order valence-corrected chi connectivity index (χ3v) is 2.40. The van der Waals surface area contributed by atoms with E-state index < -0.39 is 6.04 Å². The zero-order valence-electron chi connectivity index (χ0n) is 7.16. The molecule has 1 aromatic rings. The molecule has 0 fully saturated rings. The topological polar surface area (TPSA) is 52.3 Å². The molecule has 0 bridgehead atoms. The van der Waals surface area contributed by atoms with Gasteiger partial charge in [0.05, 0.1) is 13.2 Å². The van der Waals surface area contributed by atoms with Crippen LogP contribution in [0.25, 0.3) is 0 Å². The lowest BCUT2D eigenvalue weighted by Gasteiger charge is -2.08. The SMILES string of the molecule is COc1ccc(C(N)C=O)c(Br)c1. The smallest absolute Gasteiger partial charge is 0.141 e. The van der Waals surface area contributed by atoms with Gasteiger partial charge in [0.1, 0.15) is 12.0 Å². The molecule has 2 N–H and O–H groups in total. The highest BCUT2D eigenvalue weighted by atomic mass is 79.9. The minimum Gasteiger partial charge on any atom is -0.497 e. The Labute approximate surface area is 85.0 Å². The van der Waals surface area contributed by atoms with Crippen LogP contribution in [0.15, 0.2) is 22.7 Å². The zero-order chi connectivity index (χ0) is 9.84. The Kier molecular flexibility index (Phi) is 3.45. The van der Waals surface area contributed by atoms with E-state index in [-0.39, 0.29) is 0 Å². The van der Waals surface area contributed by atoms with E-state index in [9.17, 15) is 4.79 Å². The van der Waals surface area contributed by atoms with E-state index in [1.54, 1.807) is 25.3 Å². The molecule has 1 rings (SSSR count). The number of methoxy groups -OCH3 is 1. The Bertz CT molecular complexity index is 314. The number of nitrogens with two attached hydrogens (primary N) is 1. The van der Waals surface area contributed by atoms with Crippen LogP contribution in [-0.4, -0.2) is 13.4 Å². The molecule has 0 amide bonds. The van der Waals surface area contributed by atoms with Crippen molar-refractivity contribution in [1.29, 1.82) is 0 Å². The predicted octanol–water partition coefficient (Wildman–Crippen LogP) is 1.66. The van der Waals surface area contributed by atoms with Gasteiger partial charge in [0.2, 0.25) is 0 Å². The van der Waals surface area contributed by atoms with Crippen LogP contribution >= 0.6 is 15.9 Å². The molecule has 0 saturated heterocycles. The van der Waals surface area contributed by atoms with Crippen molar-refractivity contribution in [3.8, 4) is 5.75 Å². The first-order valence-electron chi connectivity index (χ1n) is 3.73. The van der Waals surface area contributed by atoms with Crippen LogP contribution in [-0.2, 0) is 4.79 Å². The number of carbonyl (C=O) groups is 1. The van der Waals surface area contributed by atoms with Gasteiger partial charge in [0.25, 0.3) is 0 Å². The fourth-order valence-corrected chi connectivity index (χ4v) is 1.60. The van der Waals surface area contributed by atoms with Crippen molar-refractivity contribution >= 4 is 22.2 Å². The van der Waals surface area contributed by atoms with E-state index in [0.717, 1.165) is 15.8 Å². The Morgan fingerprint density at radius 2 is 2.31 bits per heavy atom. The Hall–Kier alpha value is -0.870. The number of rotatable bonds is 3. The summed E-state index contributed by atoms with van der Waals surface area (Å²) in [5.74, 6) is 0.730. The van der Waals surface area contributed by atoms with Gasteiger partial charge < -0.3 is 15.3 Å². The molecular formula is C9H10BrNO2. The Balaban J connectivity index is 3.04. The second-order valence-corrected chi connectivity index (χ2v) is 3.40. The van der Waals surface area contributed by atoms with Crippen molar-refractivity contribution in [3.05, 3.63) is 28.2 Å². The predicted molar refractivity (Wildman–Crippen MR) is 53.7 cm³/mol.